The van der Waals surface area contributed by atoms with Crippen molar-refractivity contribution in [3.63, 3.8) is 0 Å². The van der Waals surface area contributed by atoms with Gasteiger partial charge in [-0.15, -0.1) is 0 Å². The van der Waals surface area contributed by atoms with Gasteiger partial charge >= 0.3 is 0 Å². The van der Waals surface area contributed by atoms with Crippen LogP contribution in [-0.4, -0.2) is 0 Å². The average molecular weight is 382 g/mol. The van der Waals surface area contributed by atoms with Gasteiger partial charge in [0.15, 0.2) is 0 Å². The van der Waals surface area contributed by atoms with Gasteiger partial charge in [0.1, 0.15) is 23.3 Å². The Kier molecular flexibility index (Phi) is 4.80. The van der Waals surface area contributed by atoms with Crippen LogP contribution in [0.2, 0.25) is 0 Å². The lowest BCUT2D eigenvalue weighted by molar-refractivity contribution is 0.572. The Morgan fingerprint density at radius 1 is 0.786 bits per heavy atom. The van der Waals surface area contributed by atoms with Crippen LogP contribution in [0, 0.1) is 23.3 Å². The lowest BCUT2D eigenvalue weighted by Crippen LogP contribution is -2.07. The summed E-state index contributed by atoms with van der Waals surface area (Å²) in [6.45, 7) is 1.84. The Morgan fingerprint density at radius 2 is 1.46 bits per heavy atom. The maximum absolute atomic E-state index is 14.7. The Labute approximate surface area is 161 Å². The van der Waals surface area contributed by atoms with Gasteiger partial charge in [-0.25, -0.2) is 17.6 Å². The van der Waals surface area contributed by atoms with Crippen LogP contribution in [0.25, 0.3) is 16.7 Å². The first-order chi connectivity index (χ1) is 13.5. The quantitative estimate of drug-likeness (QED) is 0.445. The van der Waals surface area contributed by atoms with Gasteiger partial charge in [-0.05, 0) is 83.5 Å². The molecule has 0 unspecified atom stereocenters. The fourth-order valence-electron chi connectivity index (χ4n) is 3.70. The minimum absolute atomic E-state index is 0.0362. The molecule has 0 fully saturated rings. The molecule has 28 heavy (non-hydrogen) atoms. The number of hydrogen-bond donors (Lipinski definition) is 0. The lowest BCUT2D eigenvalue weighted by Gasteiger charge is -2.20. The summed E-state index contributed by atoms with van der Waals surface area (Å²) >= 11 is 0. The molecule has 1 aliphatic rings. The fraction of sp³-hybridized carbons (Fsp3) is 0.167. The topological polar surface area (TPSA) is 0 Å². The minimum Gasteiger partial charge on any atom is -0.207 e. The highest BCUT2D eigenvalue weighted by atomic mass is 19.1. The van der Waals surface area contributed by atoms with Gasteiger partial charge in [0.05, 0.1) is 0 Å². The molecule has 0 saturated heterocycles. The SMILES string of the molecule is CCc1cc(F)c(C2=CCc3cc(-c4ccc(F)cc4)c(F)cc3C2)c(F)c1. The Morgan fingerprint density at radius 3 is 2.11 bits per heavy atom. The van der Waals surface area contributed by atoms with Gasteiger partial charge in [0.25, 0.3) is 0 Å². The maximum Gasteiger partial charge on any atom is 0.133 e. The second-order valence-electron chi connectivity index (χ2n) is 7.01. The van der Waals surface area contributed by atoms with Crippen molar-refractivity contribution in [3.05, 3.63) is 100 Å². The molecule has 0 spiro atoms. The fourth-order valence-corrected chi connectivity index (χ4v) is 3.70. The molecule has 142 valence electrons. The van der Waals surface area contributed by atoms with Crippen LogP contribution in [0.3, 0.4) is 0 Å². The summed E-state index contributed by atoms with van der Waals surface area (Å²) in [4.78, 5) is 0. The molecule has 4 heteroatoms. The smallest absolute Gasteiger partial charge is 0.133 e. The third-order valence-electron chi connectivity index (χ3n) is 5.23. The number of allylic oxidation sites excluding steroid dienone is 2. The van der Waals surface area contributed by atoms with Crippen molar-refractivity contribution < 1.29 is 17.6 Å². The summed E-state index contributed by atoms with van der Waals surface area (Å²) in [5, 5.41) is 0. The van der Waals surface area contributed by atoms with E-state index in [0.717, 1.165) is 5.56 Å². The van der Waals surface area contributed by atoms with E-state index in [9.17, 15) is 17.6 Å². The summed E-state index contributed by atoms with van der Waals surface area (Å²) < 4.78 is 56.8. The zero-order chi connectivity index (χ0) is 19.8. The van der Waals surface area contributed by atoms with E-state index in [1.807, 2.05) is 6.92 Å². The van der Waals surface area contributed by atoms with Gasteiger partial charge in [-0.1, -0.05) is 25.1 Å². The molecular weight excluding hydrogens is 364 g/mol. The van der Waals surface area contributed by atoms with Crippen molar-refractivity contribution in [2.75, 3.05) is 0 Å². The number of halogens is 4. The van der Waals surface area contributed by atoms with Gasteiger partial charge in [-0.3, -0.25) is 0 Å². The Hall–Kier alpha value is -2.88. The molecule has 4 rings (SSSR count). The molecule has 0 aliphatic heterocycles. The van der Waals surface area contributed by atoms with E-state index < -0.39 is 17.5 Å². The molecule has 0 aromatic heterocycles. The third kappa shape index (κ3) is 3.35. The predicted octanol–water partition coefficient (Wildman–Crippen LogP) is 6.65. The molecule has 3 aromatic rings. The summed E-state index contributed by atoms with van der Waals surface area (Å²) in [7, 11) is 0. The molecule has 0 heterocycles. The van der Waals surface area contributed by atoms with Crippen LogP contribution in [0.1, 0.15) is 29.2 Å². The van der Waals surface area contributed by atoms with Crippen molar-refractivity contribution in [2.24, 2.45) is 0 Å². The van der Waals surface area contributed by atoms with E-state index in [1.54, 1.807) is 12.1 Å². The third-order valence-corrected chi connectivity index (χ3v) is 5.23. The van der Waals surface area contributed by atoms with Crippen LogP contribution < -0.4 is 0 Å². The molecule has 0 amide bonds. The number of hydrogen-bond acceptors (Lipinski definition) is 0. The number of fused-ring (bicyclic) bond motifs is 1. The van der Waals surface area contributed by atoms with Crippen LogP contribution in [0.5, 0.6) is 0 Å². The largest absolute Gasteiger partial charge is 0.207 e. The lowest BCUT2D eigenvalue weighted by atomic mass is 9.85. The Bertz CT molecular complexity index is 1060. The maximum atomic E-state index is 14.7. The summed E-state index contributed by atoms with van der Waals surface area (Å²) in [5.41, 5.74) is 3.68. The van der Waals surface area contributed by atoms with Crippen molar-refractivity contribution in [3.8, 4) is 11.1 Å². The zero-order valence-corrected chi connectivity index (χ0v) is 15.3. The molecule has 0 radical (unpaired) electrons. The van der Waals surface area contributed by atoms with Crippen LogP contribution in [0.15, 0.2) is 54.6 Å². The molecule has 0 bridgehead atoms. The van der Waals surface area contributed by atoms with Crippen molar-refractivity contribution in [2.45, 2.75) is 26.2 Å². The van der Waals surface area contributed by atoms with E-state index in [-0.39, 0.29) is 17.8 Å². The molecule has 0 atom stereocenters. The van der Waals surface area contributed by atoms with Gasteiger partial charge in [0, 0.05) is 11.1 Å². The molecule has 0 saturated carbocycles. The standard InChI is InChI=1S/C24H18F4/c1-2-14-9-22(27)24(23(28)10-14)17-4-3-16-12-20(21(26)13-18(16)11-17)15-5-7-19(25)8-6-15/h4-10,12-13H,2-3,11H2,1H3. The van der Waals surface area contributed by atoms with Crippen molar-refractivity contribution in [1.29, 1.82) is 0 Å². The van der Waals surface area contributed by atoms with E-state index in [2.05, 4.69) is 0 Å². The molecule has 0 N–H and O–H groups in total. The van der Waals surface area contributed by atoms with Crippen molar-refractivity contribution >= 4 is 5.57 Å². The van der Waals surface area contributed by atoms with Gasteiger partial charge in [0.2, 0.25) is 0 Å². The van der Waals surface area contributed by atoms with E-state index in [1.165, 1.54) is 42.5 Å². The van der Waals surface area contributed by atoms with E-state index in [4.69, 9.17) is 0 Å². The van der Waals surface area contributed by atoms with Crippen LogP contribution >= 0.6 is 0 Å². The van der Waals surface area contributed by atoms with E-state index >= 15 is 0 Å². The highest BCUT2D eigenvalue weighted by Gasteiger charge is 2.21. The molecule has 0 nitrogen and oxygen atoms in total. The summed E-state index contributed by atoms with van der Waals surface area (Å²) in [5.74, 6) is -1.99. The van der Waals surface area contributed by atoms with E-state index in [0.29, 0.717) is 40.7 Å². The second-order valence-corrected chi connectivity index (χ2v) is 7.01. The van der Waals surface area contributed by atoms with Crippen LogP contribution in [0.4, 0.5) is 17.6 Å². The highest BCUT2D eigenvalue weighted by molar-refractivity contribution is 5.74. The van der Waals surface area contributed by atoms with Crippen LogP contribution in [-0.2, 0) is 19.3 Å². The second kappa shape index (κ2) is 7.27. The number of benzene rings is 3. The first-order valence-corrected chi connectivity index (χ1v) is 9.20. The monoisotopic (exact) mass is 382 g/mol. The molecular formula is C24H18F4. The summed E-state index contributed by atoms with van der Waals surface area (Å²) in [6, 6.07) is 11.5. The number of rotatable bonds is 3. The van der Waals surface area contributed by atoms with Gasteiger partial charge in [-0.2, -0.15) is 0 Å². The summed E-state index contributed by atoms with van der Waals surface area (Å²) in [6.07, 6.45) is 3.05. The van der Waals surface area contributed by atoms with Gasteiger partial charge < -0.3 is 0 Å². The first-order valence-electron chi connectivity index (χ1n) is 9.20. The average Bonchev–Trinajstić information content (AvgIpc) is 2.67. The Balaban J connectivity index is 1.70. The molecule has 3 aromatic carbocycles. The first kappa shape index (κ1) is 18.5. The van der Waals surface area contributed by atoms with Crippen molar-refractivity contribution in [1.82, 2.24) is 0 Å². The number of aryl methyl sites for hydroxylation is 1. The minimum atomic E-state index is -0.588. The molecule has 1 aliphatic carbocycles. The predicted molar refractivity (Wildman–Crippen MR) is 103 cm³/mol. The zero-order valence-electron chi connectivity index (χ0n) is 15.3. The highest BCUT2D eigenvalue weighted by Crippen LogP contribution is 2.34. The normalized spacial score (nSPS) is 13.2.